The molecule has 0 aromatic heterocycles. The van der Waals surface area contributed by atoms with Crippen LogP contribution in [0.2, 0.25) is 0 Å². The van der Waals surface area contributed by atoms with E-state index in [0.717, 1.165) is 30.6 Å². The highest BCUT2D eigenvalue weighted by atomic mass is 15.3. The Balaban J connectivity index is 1.88. The lowest BCUT2D eigenvalue weighted by atomic mass is 10.0. The smallest absolute Gasteiger partial charge is 0.0223 e. The van der Waals surface area contributed by atoms with Crippen molar-refractivity contribution in [1.29, 1.82) is 0 Å². The molecule has 118 valence electrons. The highest BCUT2D eigenvalue weighted by molar-refractivity contribution is 4.93. The Morgan fingerprint density at radius 2 is 1.85 bits per heavy atom. The first-order chi connectivity index (χ1) is 9.61. The minimum Gasteiger partial charge on any atom is -0.315 e. The molecule has 20 heavy (non-hydrogen) atoms. The Bertz CT molecular complexity index is 279. The van der Waals surface area contributed by atoms with E-state index < -0.39 is 0 Å². The Hall–Kier alpha value is -0.120. The zero-order valence-electron chi connectivity index (χ0n) is 14.1. The van der Waals surface area contributed by atoms with Crippen molar-refractivity contribution in [1.82, 2.24) is 15.1 Å². The van der Waals surface area contributed by atoms with Crippen LogP contribution in [0, 0.1) is 5.92 Å². The molecular formula is C17H35N3. The Labute approximate surface area is 126 Å². The molecule has 2 aliphatic heterocycles. The van der Waals surface area contributed by atoms with E-state index in [4.69, 9.17) is 0 Å². The summed E-state index contributed by atoms with van der Waals surface area (Å²) in [6, 6.07) is 2.41. The van der Waals surface area contributed by atoms with E-state index in [1.165, 1.54) is 51.7 Å². The van der Waals surface area contributed by atoms with E-state index >= 15 is 0 Å². The van der Waals surface area contributed by atoms with Crippen LogP contribution in [0.1, 0.15) is 52.9 Å². The van der Waals surface area contributed by atoms with E-state index in [2.05, 4.69) is 42.9 Å². The van der Waals surface area contributed by atoms with Gasteiger partial charge in [0.2, 0.25) is 0 Å². The fourth-order valence-electron chi connectivity index (χ4n) is 3.95. The maximum Gasteiger partial charge on any atom is 0.0223 e. The Morgan fingerprint density at radius 1 is 1.10 bits per heavy atom. The molecule has 0 spiro atoms. The standard InChI is InChI=1S/C17H35N3/c1-5-6-16(12-18-11-14(2)3)20-10-9-15-7-8-17(13-20)19(15)4/h14-18H,5-13H2,1-4H3. The zero-order chi connectivity index (χ0) is 14.5. The maximum atomic E-state index is 3.69. The predicted octanol–water partition coefficient (Wildman–Crippen LogP) is 2.57. The van der Waals surface area contributed by atoms with Gasteiger partial charge in [0.05, 0.1) is 0 Å². The molecule has 3 heteroatoms. The molecule has 0 amide bonds. The highest BCUT2D eigenvalue weighted by Gasteiger charge is 2.36. The van der Waals surface area contributed by atoms with Crippen LogP contribution in [0.25, 0.3) is 0 Å². The lowest BCUT2D eigenvalue weighted by molar-refractivity contribution is 0.159. The van der Waals surface area contributed by atoms with Crippen molar-refractivity contribution < 1.29 is 0 Å². The van der Waals surface area contributed by atoms with Crippen molar-refractivity contribution in [3.05, 3.63) is 0 Å². The van der Waals surface area contributed by atoms with E-state index in [-0.39, 0.29) is 0 Å². The van der Waals surface area contributed by atoms with Gasteiger partial charge >= 0.3 is 0 Å². The summed E-state index contributed by atoms with van der Waals surface area (Å²) in [6.45, 7) is 11.8. The van der Waals surface area contributed by atoms with Gasteiger partial charge in [-0.3, -0.25) is 9.80 Å². The molecular weight excluding hydrogens is 246 g/mol. The molecule has 0 radical (unpaired) electrons. The van der Waals surface area contributed by atoms with Gasteiger partial charge in [-0.05, 0) is 45.2 Å². The maximum absolute atomic E-state index is 3.69. The number of likely N-dealkylation sites (tertiary alicyclic amines) is 1. The van der Waals surface area contributed by atoms with Crippen molar-refractivity contribution in [2.45, 2.75) is 71.0 Å². The van der Waals surface area contributed by atoms with Gasteiger partial charge in [0.25, 0.3) is 0 Å². The number of likely N-dealkylation sites (N-methyl/N-ethyl adjacent to an activating group) is 1. The average molecular weight is 281 g/mol. The van der Waals surface area contributed by atoms with Crippen molar-refractivity contribution in [2.24, 2.45) is 5.92 Å². The largest absolute Gasteiger partial charge is 0.315 e. The van der Waals surface area contributed by atoms with Crippen LogP contribution >= 0.6 is 0 Å². The molecule has 3 unspecified atom stereocenters. The summed E-state index contributed by atoms with van der Waals surface area (Å²) in [6.07, 6.45) is 6.85. The number of nitrogens with zero attached hydrogens (tertiary/aromatic N) is 2. The molecule has 3 atom stereocenters. The molecule has 2 rings (SSSR count). The minimum atomic E-state index is 0.742. The molecule has 0 aromatic rings. The SMILES string of the molecule is CCCC(CNCC(C)C)N1CCC2CCC(C1)N2C. The van der Waals surface area contributed by atoms with Gasteiger partial charge in [0, 0.05) is 37.8 Å². The number of hydrogen-bond acceptors (Lipinski definition) is 3. The third-order valence-electron chi connectivity index (χ3n) is 5.25. The topological polar surface area (TPSA) is 18.5 Å². The Kier molecular flexibility index (Phi) is 6.31. The molecule has 2 heterocycles. The predicted molar refractivity (Wildman–Crippen MR) is 87.2 cm³/mol. The normalized spacial score (nSPS) is 29.9. The third kappa shape index (κ3) is 4.19. The fraction of sp³-hybridized carbons (Fsp3) is 1.00. The second kappa shape index (κ2) is 7.77. The summed E-state index contributed by atoms with van der Waals surface area (Å²) in [5, 5.41) is 3.69. The van der Waals surface area contributed by atoms with Gasteiger partial charge in [-0.25, -0.2) is 0 Å². The Morgan fingerprint density at radius 3 is 2.55 bits per heavy atom. The van der Waals surface area contributed by atoms with Crippen LogP contribution in [0.3, 0.4) is 0 Å². The van der Waals surface area contributed by atoms with Crippen molar-refractivity contribution in [3.8, 4) is 0 Å². The summed E-state index contributed by atoms with van der Waals surface area (Å²) >= 11 is 0. The molecule has 0 saturated carbocycles. The molecule has 0 aromatic carbocycles. The van der Waals surface area contributed by atoms with Crippen molar-refractivity contribution in [2.75, 3.05) is 33.2 Å². The monoisotopic (exact) mass is 281 g/mol. The number of nitrogens with one attached hydrogen (secondary N) is 1. The summed E-state index contributed by atoms with van der Waals surface area (Å²) in [4.78, 5) is 5.45. The first-order valence-corrected chi connectivity index (χ1v) is 8.78. The van der Waals surface area contributed by atoms with E-state index in [0.29, 0.717) is 0 Å². The van der Waals surface area contributed by atoms with E-state index in [1.54, 1.807) is 0 Å². The van der Waals surface area contributed by atoms with Crippen molar-refractivity contribution >= 4 is 0 Å². The van der Waals surface area contributed by atoms with Gasteiger partial charge in [-0.1, -0.05) is 27.2 Å². The highest BCUT2D eigenvalue weighted by Crippen LogP contribution is 2.29. The van der Waals surface area contributed by atoms with Crippen LogP contribution in [0.4, 0.5) is 0 Å². The van der Waals surface area contributed by atoms with E-state index in [9.17, 15) is 0 Å². The van der Waals surface area contributed by atoms with E-state index in [1.807, 2.05) is 0 Å². The molecule has 2 aliphatic rings. The quantitative estimate of drug-likeness (QED) is 0.774. The first kappa shape index (κ1) is 16.3. The third-order valence-corrected chi connectivity index (χ3v) is 5.25. The number of rotatable bonds is 7. The number of hydrogen-bond donors (Lipinski definition) is 1. The van der Waals surface area contributed by atoms with Crippen LogP contribution < -0.4 is 5.32 Å². The molecule has 2 fully saturated rings. The average Bonchev–Trinajstić information content (AvgIpc) is 2.62. The van der Waals surface area contributed by atoms with Gasteiger partial charge in [-0.2, -0.15) is 0 Å². The summed E-state index contributed by atoms with van der Waals surface area (Å²) < 4.78 is 0. The van der Waals surface area contributed by atoms with Crippen LogP contribution in [-0.2, 0) is 0 Å². The van der Waals surface area contributed by atoms with Crippen LogP contribution in [0.15, 0.2) is 0 Å². The summed E-state index contributed by atoms with van der Waals surface area (Å²) in [7, 11) is 2.34. The molecule has 1 N–H and O–H groups in total. The van der Waals surface area contributed by atoms with Gasteiger partial charge in [-0.15, -0.1) is 0 Å². The van der Waals surface area contributed by atoms with Crippen molar-refractivity contribution in [3.63, 3.8) is 0 Å². The van der Waals surface area contributed by atoms with Gasteiger partial charge in [0.1, 0.15) is 0 Å². The fourth-order valence-corrected chi connectivity index (χ4v) is 3.95. The lowest BCUT2D eigenvalue weighted by Gasteiger charge is -2.33. The molecule has 0 aliphatic carbocycles. The second-order valence-electron chi connectivity index (χ2n) is 7.33. The first-order valence-electron chi connectivity index (χ1n) is 8.78. The minimum absolute atomic E-state index is 0.742. The lowest BCUT2D eigenvalue weighted by Crippen LogP contribution is -2.46. The molecule has 3 nitrogen and oxygen atoms in total. The second-order valence-corrected chi connectivity index (χ2v) is 7.33. The molecule has 2 saturated heterocycles. The van der Waals surface area contributed by atoms with Gasteiger partial charge < -0.3 is 5.32 Å². The summed E-state index contributed by atoms with van der Waals surface area (Å²) in [5.41, 5.74) is 0. The zero-order valence-corrected chi connectivity index (χ0v) is 14.1. The van der Waals surface area contributed by atoms with Crippen LogP contribution in [-0.4, -0.2) is 61.2 Å². The summed E-state index contributed by atoms with van der Waals surface area (Å²) in [5.74, 6) is 0.753. The van der Waals surface area contributed by atoms with Crippen LogP contribution in [0.5, 0.6) is 0 Å². The molecule has 2 bridgehead atoms. The van der Waals surface area contributed by atoms with Gasteiger partial charge in [0.15, 0.2) is 0 Å². The number of fused-ring (bicyclic) bond motifs is 2.